The Hall–Kier alpha value is -0.840. The molecule has 2 N–H and O–H groups in total. The first-order valence-electron chi connectivity index (χ1n) is 3.15. The molecule has 0 aromatic carbocycles. The van der Waals surface area contributed by atoms with Gasteiger partial charge in [0, 0.05) is 11.4 Å². The Kier molecular flexibility index (Phi) is 3.81. The van der Waals surface area contributed by atoms with Crippen LogP contribution in [0.15, 0.2) is 11.5 Å². The van der Waals surface area contributed by atoms with Crippen LogP contribution in [0.1, 0.15) is 13.8 Å². The first-order chi connectivity index (χ1) is 5.00. The van der Waals surface area contributed by atoms with Crippen LogP contribution in [0.25, 0.3) is 0 Å². The van der Waals surface area contributed by atoms with Gasteiger partial charge in [-0.05, 0) is 13.8 Å². The van der Waals surface area contributed by atoms with Gasteiger partial charge in [0.2, 0.25) is 0 Å². The van der Waals surface area contributed by atoms with Crippen LogP contribution in [0.2, 0.25) is 0 Å². The summed E-state index contributed by atoms with van der Waals surface area (Å²) in [5, 5.41) is 0. The first kappa shape index (κ1) is 10.2. The van der Waals surface area contributed by atoms with Crippen LogP contribution >= 0.6 is 0 Å². The summed E-state index contributed by atoms with van der Waals surface area (Å²) >= 11 is 0. The third-order valence-electron chi connectivity index (χ3n) is 1.03. The summed E-state index contributed by atoms with van der Waals surface area (Å²) < 4.78 is 12.2. The SMILES string of the molecule is C=C(C)S(=O)N(CC)C(N)=O. The number of carbonyl (C=O) groups excluding carboxylic acids is 1. The molecule has 0 spiro atoms. The van der Waals surface area contributed by atoms with E-state index in [9.17, 15) is 9.00 Å². The highest BCUT2D eigenvalue weighted by Crippen LogP contribution is 2.03. The van der Waals surface area contributed by atoms with E-state index in [0.717, 1.165) is 4.31 Å². The lowest BCUT2D eigenvalue weighted by Crippen LogP contribution is -2.36. The number of allylic oxidation sites excluding steroid dienone is 1. The van der Waals surface area contributed by atoms with Crippen molar-refractivity contribution in [3.05, 3.63) is 11.5 Å². The number of hydrogen-bond donors (Lipinski definition) is 1. The van der Waals surface area contributed by atoms with Crippen molar-refractivity contribution in [1.82, 2.24) is 4.31 Å². The van der Waals surface area contributed by atoms with Gasteiger partial charge in [0.25, 0.3) is 0 Å². The Morgan fingerprint density at radius 2 is 2.18 bits per heavy atom. The molecule has 64 valence electrons. The maximum absolute atomic E-state index is 11.2. The second-order valence-corrected chi connectivity index (χ2v) is 3.62. The fourth-order valence-electron chi connectivity index (χ4n) is 0.543. The molecule has 4 nitrogen and oxygen atoms in total. The second-order valence-electron chi connectivity index (χ2n) is 1.98. The molecule has 0 aliphatic carbocycles. The Balaban J connectivity index is 4.39. The van der Waals surface area contributed by atoms with Gasteiger partial charge in [-0.1, -0.05) is 6.58 Å². The third kappa shape index (κ3) is 2.71. The minimum Gasteiger partial charge on any atom is -0.351 e. The molecule has 5 heteroatoms. The zero-order valence-corrected chi connectivity index (χ0v) is 7.48. The monoisotopic (exact) mass is 176 g/mol. The van der Waals surface area contributed by atoms with Gasteiger partial charge in [-0.25, -0.2) is 13.3 Å². The van der Waals surface area contributed by atoms with Crippen molar-refractivity contribution >= 4 is 17.0 Å². The van der Waals surface area contributed by atoms with Crippen LogP contribution in [0.3, 0.4) is 0 Å². The quantitative estimate of drug-likeness (QED) is 0.683. The molecule has 1 atom stereocenters. The van der Waals surface area contributed by atoms with Crippen LogP contribution in [0.5, 0.6) is 0 Å². The van der Waals surface area contributed by atoms with Gasteiger partial charge in [0.15, 0.2) is 11.0 Å². The molecule has 0 radical (unpaired) electrons. The van der Waals surface area contributed by atoms with Crippen LogP contribution in [0.4, 0.5) is 4.79 Å². The van der Waals surface area contributed by atoms with Crippen molar-refractivity contribution in [1.29, 1.82) is 0 Å². The zero-order valence-electron chi connectivity index (χ0n) is 6.66. The summed E-state index contributed by atoms with van der Waals surface area (Å²) in [7, 11) is -1.48. The topological polar surface area (TPSA) is 63.4 Å². The fourth-order valence-corrected chi connectivity index (χ4v) is 1.32. The van der Waals surface area contributed by atoms with Crippen LogP contribution in [-0.4, -0.2) is 21.1 Å². The lowest BCUT2D eigenvalue weighted by molar-refractivity contribution is 0.235. The average Bonchev–Trinajstić information content (AvgIpc) is 1.88. The highest BCUT2D eigenvalue weighted by atomic mass is 32.2. The van der Waals surface area contributed by atoms with Crippen molar-refractivity contribution in [3.63, 3.8) is 0 Å². The molecule has 0 aromatic rings. The molecule has 0 fully saturated rings. The molecule has 0 aliphatic heterocycles. The molecule has 0 aliphatic rings. The van der Waals surface area contributed by atoms with Gasteiger partial charge in [-0.3, -0.25) is 0 Å². The minimum atomic E-state index is -1.48. The molecule has 2 amide bonds. The van der Waals surface area contributed by atoms with Crippen molar-refractivity contribution in [2.24, 2.45) is 5.73 Å². The summed E-state index contributed by atoms with van der Waals surface area (Å²) in [6.45, 7) is 7.07. The van der Waals surface area contributed by atoms with Crippen LogP contribution < -0.4 is 5.73 Å². The molecule has 1 unspecified atom stereocenters. The van der Waals surface area contributed by atoms with Gasteiger partial charge in [0.1, 0.15) is 0 Å². The van der Waals surface area contributed by atoms with Crippen LogP contribution in [-0.2, 0) is 11.0 Å². The van der Waals surface area contributed by atoms with Crippen molar-refractivity contribution in [2.45, 2.75) is 13.8 Å². The number of nitrogens with two attached hydrogens (primary N) is 1. The first-order valence-corrected chi connectivity index (χ1v) is 4.25. The third-order valence-corrected chi connectivity index (χ3v) is 2.47. The van der Waals surface area contributed by atoms with E-state index >= 15 is 0 Å². The van der Waals surface area contributed by atoms with Crippen molar-refractivity contribution < 1.29 is 9.00 Å². The summed E-state index contributed by atoms with van der Waals surface area (Å²) in [5.74, 6) is 0. The highest BCUT2D eigenvalue weighted by Gasteiger charge is 2.14. The van der Waals surface area contributed by atoms with E-state index in [4.69, 9.17) is 5.73 Å². The number of urea groups is 1. The summed E-state index contributed by atoms with van der Waals surface area (Å²) in [4.78, 5) is 11.0. The van der Waals surface area contributed by atoms with E-state index in [1.165, 1.54) is 0 Å². The minimum absolute atomic E-state index is 0.328. The molecule has 0 saturated heterocycles. The van der Waals surface area contributed by atoms with Gasteiger partial charge >= 0.3 is 6.03 Å². The zero-order chi connectivity index (χ0) is 9.02. The Bertz CT molecular complexity index is 203. The van der Waals surface area contributed by atoms with Gasteiger partial charge < -0.3 is 5.73 Å². The molecular weight excluding hydrogens is 164 g/mol. The maximum atomic E-state index is 11.2. The average molecular weight is 176 g/mol. The van der Waals surface area contributed by atoms with E-state index in [1.807, 2.05) is 0 Å². The predicted octanol–water partition coefficient (Wildman–Crippen LogP) is 0.584. The lowest BCUT2D eigenvalue weighted by Gasteiger charge is -2.15. The largest absolute Gasteiger partial charge is 0.351 e. The number of carbonyl (C=O) groups is 1. The number of primary amides is 1. The van der Waals surface area contributed by atoms with Crippen molar-refractivity contribution in [3.8, 4) is 0 Å². The Morgan fingerprint density at radius 1 is 1.73 bits per heavy atom. The second kappa shape index (κ2) is 4.12. The predicted molar refractivity (Wildman–Crippen MR) is 44.9 cm³/mol. The summed E-state index contributed by atoms with van der Waals surface area (Å²) in [5.41, 5.74) is 4.94. The molecule has 0 bridgehead atoms. The van der Waals surface area contributed by atoms with E-state index in [-0.39, 0.29) is 0 Å². The maximum Gasteiger partial charge on any atom is 0.326 e. The highest BCUT2D eigenvalue weighted by molar-refractivity contribution is 7.87. The Labute approximate surface area is 68.6 Å². The number of nitrogens with zero attached hydrogens (tertiary/aromatic N) is 1. The number of hydrogen-bond acceptors (Lipinski definition) is 2. The molecular formula is C6H12N2O2S. The normalized spacial score (nSPS) is 12.2. The Morgan fingerprint density at radius 3 is 2.27 bits per heavy atom. The fraction of sp³-hybridized carbons (Fsp3) is 0.500. The molecule has 11 heavy (non-hydrogen) atoms. The van der Waals surface area contributed by atoms with E-state index in [1.54, 1.807) is 13.8 Å². The van der Waals surface area contributed by atoms with E-state index in [2.05, 4.69) is 6.58 Å². The van der Waals surface area contributed by atoms with Crippen LogP contribution in [0, 0.1) is 0 Å². The van der Waals surface area contributed by atoms with Gasteiger partial charge in [-0.15, -0.1) is 0 Å². The number of amides is 2. The molecule has 0 saturated carbocycles. The lowest BCUT2D eigenvalue weighted by atomic mass is 10.7. The van der Waals surface area contributed by atoms with Gasteiger partial charge in [0.05, 0.1) is 0 Å². The molecule has 0 aromatic heterocycles. The summed E-state index contributed by atoms with van der Waals surface area (Å²) in [6.07, 6.45) is 0. The van der Waals surface area contributed by atoms with E-state index in [0.29, 0.717) is 11.4 Å². The van der Waals surface area contributed by atoms with E-state index < -0.39 is 17.0 Å². The summed E-state index contributed by atoms with van der Waals surface area (Å²) in [6, 6.07) is -0.686. The molecule has 0 rings (SSSR count). The smallest absolute Gasteiger partial charge is 0.326 e. The van der Waals surface area contributed by atoms with Crippen molar-refractivity contribution in [2.75, 3.05) is 6.54 Å². The standard InChI is InChI=1S/C6H12N2O2S/c1-4-8(6(7)9)11(10)5(2)3/h2,4H2,1,3H3,(H2,7,9). The number of rotatable bonds is 3. The van der Waals surface area contributed by atoms with Gasteiger partial charge in [-0.2, -0.15) is 0 Å². The molecule has 0 heterocycles.